The van der Waals surface area contributed by atoms with Gasteiger partial charge in [-0.05, 0) is 17.7 Å². The summed E-state index contributed by atoms with van der Waals surface area (Å²) in [6.07, 6.45) is 2.67. The van der Waals surface area contributed by atoms with Crippen LogP contribution >= 0.6 is 0 Å². The van der Waals surface area contributed by atoms with E-state index < -0.39 is 0 Å². The van der Waals surface area contributed by atoms with Gasteiger partial charge >= 0.3 is 0 Å². The van der Waals surface area contributed by atoms with Crippen LogP contribution in [0.25, 0.3) is 0 Å². The summed E-state index contributed by atoms with van der Waals surface area (Å²) in [5.74, 6) is 0.613. The van der Waals surface area contributed by atoms with Crippen LogP contribution in [0.1, 0.15) is 5.56 Å². The molecule has 182 valence electrons. The molecule has 2 aliphatic heterocycles. The molecule has 13 nitrogen and oxygen atoms in total. The van der Waals surface area contributed by atoms with E-state index in [-0.39, 0.29) is 59.3 Å². The number of hydrogen-bond donors (Lipinski definition) is 1. The highest BCUT2D eigenvalue weighted by Crippen LogP contribution is 2.24. The van der Waals surface area contributed by atoms with E-state index in [9.17, 15) is 19.2 Å². The first-order valence-electron chi connectivity index (χ1n) is 10.4. The number of fused-ring (bicyclic) bond motifs is 2. The first-order valence-corrected chi connectivity index (χ1v) is 10.4. The Kier molecular flexibility index (Phi) is 6.48. The SMILES string of the molecule is CN1C(=O)COc2nc[nH]c(=O)c21.COc1ccc(Cn2cnc3c(c2=O)N(C)C(=O)CO3)cc1. The van der Waals surface area contributed by atoms with E-state index in [1.165, 1.54) is 34.1 Å². The zero-order valence-electron chi connectivity index (χ0n) is 19.2. The monoisotopic (exact) mass is 482 g/mol. The van der Waals surface area contributed by atoms with Crippen molar-refractivity contribution in [2.45, 2.75) is 6.54 Å². The van der Waals surface area contributed by atoms with Crippen LogP contribution in [0.15, 0.2) is 46.5 Å². The van der Waals surface area contributed by atoms with Crippen LogP contribution < -0.4 is 35.1 Å². The Morgan fingerprint density at radius 2 is 1.51 bits per heavy atom. The summed E-state index contributed by atoms with van der Waals surface area (Å²) >= 11 is 0. The van der Waals surface area contributed by atoms with Crippen LogP contribution in [0, 0.1) is 0 Å². The minimum atomic E-state index is -0.374. The lowest BCUT2D eigenvalue weighted by molar-refractivity contribution is -0.121. The highest BCUT2D eigenvalue weighted by molar-refractivity contribution is 5.97. The number of benzene rings is 1. The van der Waals surface area contributed by atoms with Crippen LogP contribution in [0.2, 0.25) is 0 Å². The molecular formula is C22H22N6O7. The van der Waals surface area contributed by atoms with Gasteiger partial charge in [-0.3, -0.25) is 23.7 Å². The largest absolute Gasteiger partial charge is 0.497 e. The van der Waals surface area contributed by atoms with E-state index in [1.54, 1.807) is 14.2 Å². The number of likely N-dealkylation sites (N-methyl/N-ethyl adjacent to an activating group) is 2. The van der Waals surface area contributed by atoms with Gasteiger partial charge in [0.25, 0.3) is 22.9 Å². The van der Waals surface area contributed by atoms with Crippen LogP contribution in [-0.2, 0) is 16.1 Å². The molecular weight excluding hydrogens is 460 g/mol. The molecule has 0 aliphatic carbocycles. The van der Waals surface area contributed by atoms with E-state index in [4.69, 9.17) is 14.2 Å². The fourth-order valence-electron chi connectivity index (χ4n) is 3.38. The number of aromatic amines is 1. The van der Waals surface area contributed by atoms with Crippen molar-refractivity contribution in [1.29, 1.82) is 0 Å². The maximum absolute atomic E-state index is 12.5. The maximum Gasteiger partial charge on any atom is 0.281 e. The van der Waals surface area contributed by atoms with Gasteiger partial charge in [-0.2, -0.15) is 0 Å². The summed E-state index contributed by atoms with van der Waals surface area (Å²) in [6, 6.07) is 7.39. The Bertz CT molecular complexity index is 1380. The molecule has 3 aromatic rings. The minimum Gasteiger partial charge on any atom is -0.497 e. The molecule has 0 spiro atoms. The molecule has 2 aromatic heterocycles. The molecule has 0 saturated heterocycles. The van der Waals surface area contributed by atoms with E-state index in [0.29, 0.717) is 6.54 Å². The van der Waals surface area contributed by atoms with Crippen LogP contribution in [0.5, 0.6) is 17.5 Å². The molecule has 1 aromatic carbocycles. The van der Waals surface area contributed by atoms with Crippen molar-refractivity contribution in [2.75, 3.05) is 44.2 Å². The summed E-state index contributed by atoms with van der Waals surface area (Å²) in [5, 5.41) is 0. The van der Waals surface area contributed by atoms with Crippen molar-refractivity contribution < 1.29 is 23.8 Å². The van der Waals surface area contributed by atoms with Gasteiger partial charge in [0.15, 0.2) is 24.6 Å². The molecule has 0 unspecified atom stereocenters. The maximum atomic E-state index is 12.5. The van der Waals surface area contributed by atoms with Gasteiger partial charge in [0.2, 0.25) is 11.8 Å². The van der Waals surface area contributed by atoms with Crippen molar-refractivity contribution in [3.63, 3.8) is 0 Å². The standard InChI is InChI=1S/C15H15N3O4.C7H7N3O3/c1-17-12(19)8-22-14-13(17)15(20)18(9-16-14)7-10-3-5-11(21-2)6-4-10;1-10-4(11)2-13-7-5(10)6(12)8-3-9-7/h3-6,9H,7-8H2,1-2H3;3H,2H2,1H3,(H,8,9,12). The average Bonchev–Trinajstić information content (AvgIpc) is 2.86. The lowest BCUT2D eigenvalue weighted by atomic mass is 10.2. The quantitative estimate of drug-likeness (QED) is 0.535. The summed E-state index contributed by atoms with van der Waals surface area (Å²) in [6.45, 7) is 0.184. The van der Waals surface area contributed by atoms with E-state index >= 15 is 0 Å². The highest BCUT2D eigenvalue weighted by Gasteiger charge is 2.28. The second kappa shape index (κ2) is 9.67. The fourth-order valence-corrected chi connectivity index (χ4v) is 3.38. The van der Waals surface area contributed by atoms with Gasteiger partial charge in [-0.25, -0.2) is 9.97 Å². The number of carbonyl (C=O) groups excluding carboxylic acids is 2. The molecule has 35 heavy (non-hydrogen) atoms. The minimum absolute atomic E-state index is 0.0695. The topological polar surface area (TPSA) is 149 Å². The smallest absolute Gasteiger partial charge is 0.281 e. The summed E-state index contributed by atoms with van der Waals surface area (Å²) in [5.41, 5.74) is 0.582. The molecule has 2 amide bonds. The number of anilines is 2. The lowest BCUT2D eigenvalue weighted by Crippen LogP contribution is -2.41. The third-order valence-corrected chi connectivity index (χ3v) is 5.37. The molecule has 0 fully saturated rings. The summed E-state index contributed by atoms with van der Waals surface area (Å²) in [7, 11) is 4.66. The second-order valence-corrected chi connectivity index (χ2v) is 7.55. The molecule has 2 aliphatic rings. The van der Waals surface area contributed by atoms with Gasteiger partial charge < -0.3 is 29.0 Å². The Balaban J connectivity index is 0.000000189. The van der Waals surface area contributed by atoms with Crippen molar-refractivity contribution in [3.05, 3.63) is 63.2 Å². The van der Waals surface area contributed by atoms with Gasteiger partial charge in [-0.1, -0.05) is 12.1 Å². The predicted octanol–water partition coefficient (Wildman–Crippen LogP) is -0.219. The third-order valence-electron chi connectivity index (χ3n) is 5.37. The normalized spacial score (nSPS) is 14.1. The van der Waals surface area contributed by atoms with Crippen molar-refractivity contribution in [3.8, 4) is 17.5 Å². The van der Waals surface area contributed by atoms with Crippen LogP contribution in [0.3, 0.4) is 0 Å². The third kappa shape index (κ3) is 4.69. The molecule has 5 rings (SSSR count). The number of carbonyl (C=O) groups is 2. The number of methoxy groups -OCH3 is 1. The number of aromatic nitrogens is 4. The first-order chi connectivity index (χ1) is 16.8. The summed E-state index contributed by atoms with van der Waals surface area (Å²) in [4.78, 5) is 59.4. The van der Waals surface area contributed by atoms with Crippen molar-refractivity contribution in [2.24, 2.45) is 0 Å². The zero-order valence-corrected chi connectivity index (χ0v) is 19.2. The molecule has 0 radical (unpaired) electrons. The Morgan fingerprint density at radius 3 is 2.14 bits per heavy atom. The number of nitrogens with zero attached hydrogens (tertiary/aromatic N) is 5. The number of nitrogens with one attached hydrogen (secondary N) is 1. The first kappa shape index (κ1) is 23.5. The van der Waals surface area contributed by atoms with Gasteiger partial charge in [0, 0.05) is 14.1 Å². The van der Waals surface area contributed by atoms with Gasteiger partial charge in [0.1, 0.15) is 12.1 Å². The Morgan fingerprint density at radius 1 is 0.914 bits per heavy atom. The highest BCUT2D eigenvalue weighted by atomic mass is 16.5. The van der Waals surface area contributed by atoms with Crippen molar-refractivity contribution in [1.82, 2.24) is 19.5 Å². The molecule has 0 bridgehead atoms. The summed E-state index contributed by atoms with van der Waals surface area (Å²) < 4.78 is 16.7. The zero-order chi connectivity index (χ0) is 25.1. The number of H-pyrrole nitrogens is 1. The van der Waals surface area contributed by atoms with E-state index in [2.05, 4.69) is 15.0 Å². The van der Waals surface area contributed by atoms with Crippen LogP contribution in [0.4, 0.5) is 11.4 Å². The van der Waals surface area contributed by atoms with Gasteiger partial charge in [-0.15, -0.1) is 0 Å². The molecule has 0 saturated carbocycles. The Hall–Kier alpha value is -4.68. The molecule has 13 heteroatoms. The van der Waals surface area contributed by atoms with Crippen molar-refractivity contribution >= 4 is 23.2 Å². The lowest BCUT2D eigenvalue weighted by Gasteiger charge is -2.24. The average molecular weight is 482 g/mol. The predicted molar refractivity (Wildman–Crippen MR) is 123 cm³/mol. The van der Waals surface area contributed by atoms with E-state index in [1.807, 2.05) is 24.3 Å². The number of ether oxygens (including phenoxy) is 3. The fraction of sp³-hybridized carbons (Fsp3) is 0.273. The number of amides is 2. The Labute approximate surface area is 198 Å². The molecule has 0 atom stereocenters. The molecule has 4 heterocycles. The number of hydrogen-bond acceptors (Lipinski definition) is 9. The second-order valence-electron chi connectivity index (χ2n) is 7.55. The van der Waals surface area contributed by atoms with Gasteiger partial charge in [0.05, 0.1) is 20.0 Å². The van der Waals surface area contributed by atoms with E-state index in [0.717, 1.165) is 11.3 Å². The number of rotatable bonds is 3. The van der Waals surface area contributed by atoms with Crippen LogP contribution in [-0.4, -0.2) is 65.8 Å². The molecule has 1 N–H and O–H groups in total.